The summed E-state index contributed by atoms with van der Waals surface area (Å²) in [5, 5.41) is 11.4. The Morgan fingerprint density at radius 2 is 2.15 bits per heavy atom. The van der Waals surface area contributed by atoms with E-state index < -0.39 is 0 Å². The zero-order valence-corrected chi connectivity index (χ0v) is 15.5. The number of carbonyl (C=O) groups is 1. The van der Waals surface area contributed by atoms with Crippen molar-refractivity contribution in [3.8, 4) is 6.07 Å². The lowest BCUT2D eigenvalue weighted by atomic mass is 9.92. The Bertz CT molecular complexity index is 832. The van der Waals surface area contributed by atoms with Gasteiger partial charge >= 0.3 is 0 Å². The summed E-state index contributed by atoms with van der Waals surface area (Å²) in [6.07, 6.45) is 5.32. The van der Waals surface area contributed by atoms with Gasteiger partial charge in [0.25, 0.3) is 0 Å². The first-order valence-corrected chi connectivity index (χ1v) is 10.1. The van der Waals surface area contributed by atoms with Crippen LogP contribution in [0.2, 0.25) is 0 Å². The molecule has 5 nitrogen and oxygen atoms in total. The predicted octanol–water partition coefficient (Wildman–Crippen LogP) is 3.21. The van der Waals surface area contributed by atoms with Gasteiger partial charge in [-0.1, -0.05) is 0 Å². The van der Waals surface area contributed by atoms with Gasteiger partial charge < -0.3 is 9.80 Å². The smallest absolute Gasteiger partial charge is 0.223 e. The highest BCUT2D eigenvalue weighted by molar-refractivity contribution is 7.10. The monoisotopic (exact) mass is 366 g/mol. The highest BCUT2D eigenvalue weighted by Crippen LogP contribution is 2.28. The molecule has 0 aliphatic carbocycles. The van der Waals surface area contributed by atoms with Crippen LogP contribution in [0.5, 0.6) is 0 Å². The second kappa shape index (κ2) is 7.46. The minimum absolute atomic E-state index is 0.288. The van der Waals surface area contributed by atoms with Crippen LogP contribution in [0.1, 0.15) is 35.3 Å². The number of anilines is 1. The van der Waals surface area contributed by atoms with Gasteiger partial charge in [-0.05, 0) is 54.3 Å². The number of aromatic nitrogens is 1. The van der Waals surface area contributed by atoms with Gasteiger partial charge in [-0.25, -0.2) is 4.98 Å². The van der Waals surface area contributed by atoms with Crippen LogP contribution in [0.3, 0.4) is 0 Å². The van der Waals surface area contributed by atoms with Crippen molar-refractivity contribution in [2.75, 3.05) is 24.5 Å². The molecule has 0 unspecified atom stereocenters. The Labute approximate surface area is 157 Å². The van der Waals surface area contributed by atoms with E-state index in [4.69, 9.17) is 0 Å². The third kappa shape index (κ3) is 3.45. The van der Waals surface area contributed by atoms with E-state index in [1.54, 1.807) is 23.6 Å². The van der Waals surface area contributed by atoms with E-state index >= 15 is 0 Å². The molecule has 0 saturated carbocycles. The molecule has 0 radical (unpaired) electrons. The lowest BCUT2D eigenvalue weighted by molar-refractivity contribution is -0.133. The molecule has 0 spiro atoms. The molecule has 0 N–H and O–H groups in total. The molecule has 0 atom stereocenters. The van der Waals surface area contributed by atoms with Crippen LogP contribution in [-0.4, -0.2) is 35.4 Å². The Kier molecular flexibility index (Phi) is 4.89. The number of hydrogen-bond donors (Lipinski definition) is 0. The lowest BCUT2D eigenvalue weighted by Gasteiger charge is -2.34. The van der Waals surface area contributed by atoms with Crippen molar-refractivity contribution in [3.63, 3.8) is 0 Å². The average Bonchev–Trinajstić information content (AvgIpc) is 3.16. The van der Waals surface area contributed by atoms with Crippen LogP contribution < -0.4 is 4.90 Å². The number of pyridine rings is 1. The van der Waals surface area contributed by atoms with E-state index in [0.717, 1.165) is 51.3 Å². The van der Waals surface area contributed by atoms with Crippen LogP contribution in [0.15, 0.2) is 29.8 Å². The fourth-order valence-electron chi connectivity index (χ4n) is 3.92. The third-order valence-corrected chi connectivity index (χ3v) is 6.47. The van der Waals surface area contributed by atoms with Gasteiger partial charge in [-0.3, -0.25) is 4.79 Å². The highest BCUT2D eigenvalue weighted by Gasteiger charge is 2.27. The largest absolute Gasteiger partial charge is 0.356 e. The van der Waals surface area contributed by atoms with Crippen LogP contribution in [0.4, 0.5) is 5.82 Å². The number of nitrogens with zero attached hydrogens (tertiary/aromatic N) is 4. The SMILES string of the molecule is N#Cc1cccnc1N1CCC(CC(=O)N2CCc3sccc3C2)CC1. The van der Waals surface area contributed by atoms with E-state index in [-0.39, 0.29) is 5.91 Å². The first-order valence-electron chi connectivity index (χ1n) is 9.17. The maximum Gasteiger partial charge on any atom is 0.223 e. The van der Waals surface area contributed by atoms with E-state index in [1.165, 1.54) is 10.4 Å². The number of carbonyl (C=O) groups excluding carboxylic acids is 1. The summed E-state index contributed by atoms with van der Waals surface area (Å²) < 4.78 is 0. The average molecular weight is 366 g/mol. The molecule has 134 valence electrons. The van der Waals surface area contributed by atoms with E-state index in [1.807, 2.05) is 11.0 Å². The van der Waals surface area contributed by atoms with Crippen molar-refractivity contribution in [2.24, 2.45) is 5.92 Å². The predicted molar refractivity (Wildman–Crippen MR) is 102 cm³/mol. The second-order valence-electron chi connectivity index (χ2n) is 7.06. The standard InChI is InChI=1S/C20H22N4OS/c21-13-16-2-1-7-22-20(16)23-8-3-15(4-9-23)12-19(25)24-10-5-18-17(14-24)6-11-26-18/h1-2,6-7,11,15H,3-5,8-10,12,14H2. The summed E-state index contributed by atoms with van der Waals surface area (Å²) in [5.74, 6) is 1.49. The van der Waals surface area contributed by atoms with Gasteiger partial charge in [0, 0.05) is 43.7 Å². The molecule has 2 aliphatic rings. The third-order valence-electron chi connectivity index (χ3n) is 5.44. The van der Waals surface area contributed by atoms with Gasteiger partial charge in [-0.15, -0.1) is 11.3 Å². The molecule has 2 aromatic rings. The normalized spacial score (nSPS) is 17.7. The quantitative estimate of drug-likeness (QED) is 0.837. The molecule has 1 fully saturated rings. The van der Waals surface area contributed by atoms with Gasteiger partial charge in [0.05, 0.1) is 5.56 Å². The summed E-state index contributed by atoms with van der Waals surface area (Å²) in [6, 6.07) is 7.98. The number of amides is 1. The summed E-state index contributed by atoms with van der Waals surface area (Å²) >= 11 is 1.80. The van der Waals surface area contributed by atoms with Crippen LogP contribution in [0.25, 0.3) is 0 Å². The molecule has 26 heavy (non-hydrogen) atoms. The minimum atomic E-state index is 0.288. The number of piperidine rings is 1. The first kappa shape index (κ1) is 17.0. The van der Waals surface area contributed by atoms with Crippen LogP contribution >= 0.6 is 11.3 Å². The molecular formula is C20H22N4OS. The number of rotatable bonds is 3. The number of thiophene rings is 1. The highest BCUT2D eigenvalue weighted by atomic mass is 32.1. The zero-order valence-electron chi connectivity index (χ0n) is 14.7. The summed E-state index contributed by atoms with van der Waals surface area (Å²) in [7, 11) is 0. The van der Waals surface area contributed by atoms with Crippen molar-refractivity contribution < 1.29 is 4.79 Å². The molecule has 2 aromatic heterocycles. The van der Waals surface area contributed by atoms with Crippen molar-refractivity contribution in [1.29, 1.82) is 5.26 Å². The fraction of sp³-hybridized carbons (Fsp3) is 0.450. The number of hydrogen-bond acceptors (Lipinski definition) is 5. The topological polar surface area (TPSA) is 60.2 Å². The molecule has 1 amide bonds. The first-order chi connectivity index (χ1) is 12.7. The molecule has 4 heterocycles. The maximum atomic E-state index is 12.7. The van der Waals surface area contributed by atoms with Crippen LogP contribution in [-0.2, 0) is 17.8 Å². The van der Waals surface area contributed by atoms with E-state index in [9.17, 15) is 10.1 Å². The summed E-state index contributed by atoms with van der Waals surface area (Å²) in [4.78, 5) is 22.7. The van der Waals surface area contributed by atoms with Crippen molar-refractivity contribution in [2.45, 2.75) is 32.2 Å². The second-order valence-corrected chi connectivity index (χ2v) is 8.06. The molecule has 2 aliphatic heterocycles. The van der Waals surface area contributed by atoms with Crippen molar-refractivity contribution >= 4 is 23.1 Å². The van der Waals surface area contributed by atoms with Gasteiger partial charge in [0.1, 0.15) is 11.9 Å². The van der Waals surface area contributed by atoms with Crippen LogP contribution in [0, 0.1) is 17.2 Å². The molecule has 1 saturated heterocycles. The number of fused-ring (bicyclic) bond motifs is 1. The Morgan fingerprint density at radius 1 is 1.31 bits per heavy atom. The van der Waals surface area contributed by atoms with Crippen molar-refractivity contribution in [1.82, 2.24) is 9.88 Å². The maximum absolute atomic E-state index is 12.7. The molecule has 6 heteroatoms. The van der Waals surface area contributed by atoms with Gasteiger partial charge in [0.15, 0.2) is 0 Å². The summed E-state index contributed by atoms with van der Waals surface area (Å²) in [5.41, 5.74) is 1.95. The summed E-state index contributed by atoms with van der Waals surface area (Å²) in [6.45, 7) is 3.34. The van der Waals surface area contributed by atoms with E-state index in [0.29, 0.717) is 17.9 Å². The molecule has 0 bridgehead atoms. The van der Waals surface area contributed by atoms with E-state index in [2.05, 4.69) is 27.4 Å². The van der Waals surface area contributed by atoms with Crippen molar-refractivity contribution in [3.05, 3.63) is 45.8 Å². The van der Waals surface area contributed by atoms with Gasteiger partial charge in [0.2, 0.25) is 5.91 Å². The molecule has 0 aromatic carbocycles. The zero-order chi connectivity index (χ0) is 17.9. The Hall–Kier alpha value is -2.39. The molecule has 4 rings (SSSR count). The molecular weight excluding hydrogens is 344 g/mol. The minimum Gasteiger partial charge on any atom is -0.356 e. The lowest BCUT2D eigenvalue weighted by Crippen LogP contribution is -2.39. The number of nitriles is 1. The Balaban J connectivity index is 1.32. The fourth-order valence-corrected chi connectivity index (χ4v) is 4.81. The Morgan fingerprint density at radius 3 is 2.96 bits per heavy atom. The van der Waals surface area contributed by atoms with Gasteiger partial charge in [-0.2, -0.15) is 5.26 Å².